The molecule has 1 aromatic heterocycles. The SMILES string of the molecule is CC(C)N(C)CCCCn1cncc1C1CCCN1. The fourth-order valence-electron chi connectivity index (χ4n) is 2.65. The molecule has 0 aliphatic carbocycles. The zero-order valence-electron chi connectivity index (χ0n) is 12.6. The van der Waals surface area contributed by atoms with Crippen LogP contribution < -0.4 is 5.32 Å². The zero-order valence-corrected chi connectivity index (χ0v) is 12.6. The van der Waals surface area contributed by atoms with E-state index in [-0.39, 0.29) is 0 Å². The lowest BCUT2D eigenvalue weighted by Crippen LogP contribution is -2.27. The molecule has 0 aromatic carbocycles. The van der Waals surface area contributed by atoms with Crippen LogP contribution in [0.5, 0.6) is 0 Å². The minimum atomic E-state index is 0.529. The first-order valence-electron chi connectivity index (χ1n) is 7.62. The summed E-state index contributed by atoms with van der Waals surface area (Å²) in [6.07, 6.45) is 9.04. The summed E-state index contributed by atoms with van der Waals surface area (Å²) in [5, 5.41) is 3.55. The first kappa shape index (κ1) is 14.5. The van der Waals surface area contributed by atoms with Gasteiger partial charge in [-0.2, -0.15) is 0 Å². The fraction of sp³-hybridized carbons (Fsp3) is 0.800. The van der Waals surface area contributed by atoms with Gasteiger partial charge in [-0.25, -0.2) is 4.98 Å². The molecule has 1 N–H and O–H groups in total. The summed E-state index contributed by atoms with van der Waals surface area (Å²) in [5.41, 5.74) is 1.37. The number of nitrogens with one attached hydrogen (secondary N) is 1. The molecule has 4 nitrogen and oxygen atoms in total. The molecule has 4 heteroatoms. The Kier molecular flexibility index (Phi) is 5.40. The third-order valence-corrected chi connectivity index (χ3v) is 4.20. The zero-order chi connectivity index (χ0) is 13.7. The molecule has 0 amide bonds. The molecule has 0 saturated carbocycles. The van der Waals surface area contributed by atoms with Crippen LogP contribution in [-0.2, 0) is 6.54 Å². The highest BCUT2D eigenvalue weighted by atomic mass is 15.1. The number of aromatic nitrogens is 2. The van der Waals surface area contributed by atoms with Crippen molar-refractivity contribution in [3.05, 3.63) is 18.2 Å². The Morgan fingerprint density at radius 1 is 1.47 bits per heavy atom. The van der Waals surface area contributed by atoms with E-state index in [2.05, 4.69) is 40.7 Å². The molecular weight excluding hydrogens is 236 g/mol. The van der Waals surface area contributed by atoms with E-state index in [1.807, 2.05) is 12.5 Å². The van der Waals surface area contributed by atoms with Crippen molar-refractivity contribution in [2.75, 3.05) is 20.1 Å². The van der Waals surface area contributed by atoms with Crippen molar-refractivity contribution in [3.8, 4) is 0 Å². The Balaban J connectivity index is 1.75. The summed E-state index contributed by atoms with van der Waals surface area (Å²) >= 11 is 0. The van der Waals surface area contributed by atoms with Gasteiger partial charge >= 0.3 is 0 Å². The molecule has 1 atom stereocenters. The van der Waals surface area contributed by atoms with Gasteiger partial charge in [-0.3, -0.25) is 0 Å². The molecule has 2 rings (SSSR count). The number of aryl methyl sites for hydroxylation is 1. The lowest BCUT2D eigenvalue weighted by molar-refractivity contribution is 0.266. The van der Waals surface area contributed by atoms with Gasteiger partial charge in [0.2, 0.25) is 0 Å². The van der Waals surface area contributed by atoms with E-state index in [0.717, 1.165) is 13.1 Å². The van der Waals surface area contributed by atoms with Crippen LogP contribution >= 0.6 is 0 Å². The normalized spacial score (nSPS) is 19.7. The average molecular weight is 264 g/mol. The summed E-state index contributed by atoms with van der Waals surface area (Å²) in [5.74, 6) is 0. The van der Waals surface area contributed by atoms with Gasteiger partial charge in [-0.1, -0.05) is 0 Å². The molecule has 108 valence electrons. The van der Waals surface area contributed by atoms with Gasteiger partial charge in [-0.05, 0) is 59.7 Å². The number of unbranched alkanes of at least 4 members (excludes halogenated alkanes) is 1. The highest BCUT2D eigenvalue weighted by molar-refractivity contribution is 5.07. The minimum absolute atomic E-state index is 0.529. The first-order chi connectivity index (χ1) is 9.18. The van der Waals surface area contributed by atoms with Crippen molar-refractivity contribution in [2.24, 2.45) is 0 Å². The Hall–Kier alpha value is -0.870. The van der Waals surface area contributed by atoms with Crippen LogP contribution in [0.3, 0.4) is 0 Å². The summed E-state index contributed by atoms with van der Waals surface area (Å²) in [6, 6.07) is 1.17. The van der Waals surface area contributed by atoms with Crippen LogP contribution in [0.25, 0.3) is 0 Å². The number of hydrogen-bond donors (Lipinski definition) is 1. The molecule has 19 heavy (non-hydrogen) atoms. The summed E-state index contributed by atoms with van der Waals surface area (Å²) in [7, 11) is 2.20. The standard InChI is InChI=1S/C15H28N4/c1-13(2)18(3)9-4-5-10-19-12-16-11-15(19)14-7-6-8-17-14/h11-14,17H,4-10H2,1-3H3. The van der Waals surface area contributed by atoms with Crippen LogP contribution in [-0.4, -0.2) is 40.6 Å². The Morgan fingerprint density at radius 2 is 2.32 bits per heavy atom. The highest BCUT2D eigenvalue weighted by Gasteiger charge is 2.19. The monoisotopic (exact) mass is 264 g/mol. The second-order valence-electron chi connectivity index (χ2n) is 5.94. The van der Waals surface area contributed by atoms with E-state index in [4.69, 9.17) is 0 Å². The maximum atomic E-state index is 4.32. The Morgan fingerprint density at radius 3 is 3.00 bits per heavy atom. The maximum absolute atomic E-state index is 4.32. The molecular formula is C15H28N4. The summed E-state index contributed by atoms with van der Waals surface area (Å²) < 4.78 is 2.33. The lowest BCUT2D eigenvalue weighted by atomic mass is 10.1. The third kappa shape index (κ3) is 4.05. The highest BCUT2D eigenvalue weighted by Crippen LogP contribution is 2.22. The lowest BCUT2D eigenvalue weighted by Gasteiger charge is -2.21. The van der Waals surface area contributed by atoms with E-state index < -0.39 is 0 Å². The van der Waals surface area contributed by atoms with Gasteiger partial charge < -0.3 is 14.8 Å². The topological polar surface area (TPSA) is 33.1 Å². The van der Waals surface area contributed by atoms with E-state index in [9.17, 15) is 0 Å². The fourth-order valence-corrected chi connectivity index (χ4v) is 2.65. The number of hydrogen-bond acceptors (Lipinski definition) is 3. The molecule has 1 aromatic rings. The Labute approximate surface area is 117 Å². The molecule has 2 heterocycles. The molecule has 1 aliphatic heterocycles. The minimum Gasteiger partial charge on any atom is -0.333 e. The van der Waals surface area contributed by atoms with Crippen molar-refractivity contribution in [1.82, 2.24) is 19.8 Å². The molecule has 1 fully saturated rings. The second-order valence-corrected chi connectivity index (χ2v) is 5.94. The molecule has 0 spiro atoms. The van der Waals surface area contributed by atoms with Crippen molar-refractivity contribution in [1.29, 1.82) is 0 Å². The van der Waals surface area contributed by atoms with Crippen LogP contribution in [0.1, 0.15) is 51.3 Å². The molecule has 0 bridgehead atoms. The molecule has 1 unspecified atom stereocenters. The molecule has 0 radical (unpaired) electrons. The van der Waals surface area contributed by atoms with E-state index in [0.29, 0.717) is 12.1 Å². The summed E-state index contributed by atoms with van der Waals surface area (Å²) in [6.45, 7) is 7.93. The van der Waals surface area contributed by atoms with Gasteiger partial charge in [0.25, 0.3) is 0 Å². The van der Waals surface area contributed by atoms with Crippen LogP contribution in [0, 0.1) is 0 Å². The van der Waals surface area contributed by atoms with Gasteiger partial charge in [0, 0.05) is 24.8 Å². The molecule has 1 saturated heterocycles. The van der Waals surface area contributed by atoms with Crippen LogP contribution in [0.4, 0.5) is 0 Å². The van der Waals surface area contributed by atoms with E-state index in [1.165, 1.54) is 37.9 Å². The second kappa shape index (κ2) is 7.06. The number of nitrogens with zero attached hydrogens (tertiary/aromatic N) is 3. The third-order valence-electron chi connectivity index (χ3n) is 4.20. The van der Waals surface area contributed by atoms with Gasteiger partial charge in [0.05, 0.1) is 12.0 Å². The number of imidazole rings is 1. The predicted molar refractivity (Wildman–Crippen MR) is 79.2 cm³/mol. The quantitative estimate of drug-likeness (QED) is 0.768. The predicted octanol–water partition coefficient (Wildman–Crippen LogP) is 2.43. The van der Waals surface area contributed by atoms with E-state index in [1.54, 1.807) is 0 Å². The first-order valence-corrected chi connectivity index (χ1v) is 7.62. The van der Waals surface area contributed by atoms with Gasteiger partial charge in [-0.15, -0.1) is 0 Å². The van der Waals surface area contributed by atoms with Crippen molar-refractivity contribution >= 4 is 0 Å². The van der Waals surface area contributed by atoms with Crippen LogP contribution in [0.15, 0.2) is 12.5 Å². The van der Waals surface area contributed by atoms with Crippen molar-refractivity contribution in [2.45, 2.75) is 58.2 Å². The number of rotatable bonds is 7. The smallest absolute Gasteiger partial charge is 0.0948 e. The summed E-state index contributed by atoms with van der Waals surface area (Å²) in [4.78, 5) is 6.73. The van der Waals surface area contributed by atoms with Gasteiger partial charge in [0.15, 0.2) is 0 Å². The largest absolute Gasteiger partial charge is 0.333 e. The molecule has 1 aliphatic rings. The average Bonchev–Trinajstić information content (AvgIpc) is 3.04. The Bertz CT molecular complexity index is 366. The van der Waals surface area contributed by atoms with Crippen molar-refractivity contribution in [3.63, 3.8) is 0 Å². The van der Waals surface area contributed by atoms with E-state index >= 15 is 0 Å². The van der Waals surface area contributed by atoms with Crippen LogP contribution in [0.2, 0.25) is 0 Å². The maximum Gasteiger partial charge on any atom is 0.0948 e. The van der Waals surface area contributed by atoms with Crippen molar-refractivity contribution < 1.29 is 0 Å². The van der Waals surface area contributed by atoms with Gasteiger partial charge in [0.1, 0.15) is 0 Å².